The van der Waals surface area contributed by atoms with Crippen molar-refractivity contribution in [2.24, 2.45) is 72.9 Å². The van der Waals surface area contributed by atoms with E-state index < -0.39 is 196 Å². The molecule has 2 bridgehead atoms. The van der Waals surface area contributed by atoms with Gasteiger partial charge < -0.3 is 110 Å². The number of hydrogen-bond acceptors (Lipinski definition) is 38. The molecule has 26 atom stereocenters. The van der Waals surface area contributed by atoms with Gasteiger partial charge in [0.2, 0.25) is 24.4 Å². The minimum absolute atomic E-state index is 0.0231. The van der Waals surface area contributed by atoms with Crippen molar-refractivity contribution in [3.8, 4) is 6.07 Å². The lowest BCUT2D eigenvalue weighted by Crippen LogP contribution is -2.42. The summed E-state index contributed by atoms with van der Waals surface area (Å²) in [7, 11) is 1.42. The number of hydrogen-bond donors (Lipinski definition) is 2. The van der Waals surface area contributed by atoms with Crippen LogP contribution in [0.1, 0.15) is 314 Å². The van der Waals surface area contributed by atoms with Crippen LogP contribution in [0.15, 0.2) is 0 Å². The second-order valence-corrected chi connectivity index (χ2v) is 43.2. The maximum atomic E-state index is 12.3. The highest BCUT2D eigenvalue weighted by atomic mass is 16.9. The molecule has 17 aliphatic rings. The molecule has 0 aromatic carbocycles. The Bertz CT molecular complexity index is 4380. The Hall–Kier alpha value is -8.29. The van der Waals surface area contributed by atoms with Gasteiger partial charge in [0, 0.05) is 36.5 Å². The van der Waals surface area contributed by atoms with E-state index in [0.29, 0.717) is 57.5 Å². The van der Waals surface area contributed by atoms with Crippen LogP contribution in [0.3, 0.4) is 0 Å². The van der Waals surface area contributed by atoms with Crippen LogP contribution in [-0.4, -0.2) is 248 Å². The third-order valence-electron chi connectivity index (χ3n) is 30.5. The Labute approximate surface area is 809 Å². The summed E-state index contributed by atoms with van der Waals surface area (Å²) >= 11 is 0. The van der Waals surface area contributed by atoms with Crippen molar-refractivity contribution in [3.05, 3.63) is 0 Å². The van der Waals surface area contributed by atoms with Crippen LogP contribution < -0.4 is 0 Å². The SMILES string of the molecule is CC.CCC(C)(C)C(=O)OC.CCC(C)(C)C(=O)OC1C(=O)OC2C(O)C(O)OC12.CCC(C)(C)C(=O)OC1C(=O)OC2C3OC(C)(C)OC3OC12.CCC(C)(C)C(=O)OC1C(=O)OC2C3OC4(CCCCC4)OC3OC12.CCC(C)(C)C(=O)OC1C(=O)OC2CCCC21.CCC(C)(C)C(=O)OC1C2CC3C1OC(=O)C3(C#N)C2.CCC(C)(C)C(=O)OC1COC(=O)C1.O=C1OCC2CCCCC12. The molecule has 12 aliphatic heterocycles. The number of nitrogens with zero attached hydrogens (tertiary/aromatic N) is 1. The number of methoxy groups -OCH3 is 1. The molecule has 0 aromatic rings. The second-order valence-electron chi connectivity index (χ2n) is 43.2. The van der Waals surface area contributed by atoms with Gasteiger partial charge in [0.05, 0.1) is 70.0 Å². The van der Waals surface area contributed by atoms with Gasteiger partial charge in [0.25, 0.3) is 0 Å². The Balaban J connectivity index is 0.000000179. The predicted octanol–water partition coefficient (Wildman–Crippen LogP) is 11.7. The minimum atomic E-state index is -1.44. The Kier molecular flexibility index (Phi) is 37.4. The van der Waals surface area contributed by atoms with Crippen molar-refractivity contribution in [1.82, 2.24) is 0 Å². The van der Waals surface area contributed by atoms with E-state index in [1.807, 2.05) is 118 Å². The maximum Gasteiger partial charge on any atom is 0.350 e. The molecule has 17 rings (SSSR count). The maximum absolute atomic E-state index is 12.3. The average molecular weight is 1960 g/mol. The van der Waals surface area contributed by atoms with Crippen molar-refractivity contribution in [2.75, 3.05) is 20.3 Å². The summed E-state index contributed by atoms with van der Waals surface area (Å²) in [5.74, 6) is -5.80. The first-order valence-corrected chi connectivity index (χ1v) is 49.6. The lowest BCUT2D eigenvalue weighted by molar-refractivity contribution is -0.246. The zero-order valence-corrected chi connectivity index (χ0v) is 85.5. The molecule has 17 fully saturated rings. The first kappa shape index (κ1) is 113. The first-order valence-electron chi connectivity index (χ1n) is 49.6. The molecule has 780 valence electrons. The smallest absolute Gasteiger partial charge is 0.350 e. The first-order chi connectivity index (χ1) is 64.4. The monoisotopic (exact) mass is 1960 g/mol. The van der Waals surface area contributed by atoms with E-state index in [9.17, 15) is 82.6 Å². The normalized spacial score (nSPS) is 34.4. The standard InChI is InChI=1S/C18H26O7.C15H19NO4.C15H22O7.C13H20O4.C12H18O7.C10H16O4.C8H12O2.C7H14O2.C2H6/c1-4-17(2,3)16(20)23-12-10-11(21-14(12)19)13-15(22-10)25-18(24-13)8-6-5-7-9-18;1-4-14(2,3)12(17)19-10-8-5-9-11(10)20-13(18)15(9,6-8)7-16;1-6-14(2,3)13(17)20-9-7-8(18-11(9)16)10-12(19-7)22-15(4,5)21-10;1-4-13(2,3)12(15)17-10-8-6-5-7-9(8)16-11(10)14;1-4-12(2,3)11(16)19-8-7-6(17-10(8)15)5(13)9(14)18-7;1-4-10(2,3)9(12)14-7-5-8(11)13-6-7;9-8-7-4-2-1-3-6(7)5-10-8;1-5-7(2,3)6(8)9-4;1-2/h10-13,15H,4-9H2,1-3H3;8-11H,4-6H2,1-3H3;7-10,12H,6H2,1-5H3;8-10H,4-7H2,1-3H3;5-9,13-14H,4H2,1-3H3;7H,4-6H2,1-3H3;6-7H,1-5H2;5H2,1-4H3;1-2H3. The van der Waals surface area contributed by atoms with Crippen LogP contribution in [0.2, 0.25) is 0 Å². The molecule has 2 N–H and O–H groups in total. The number of carbonyl (C=O) groups excluding carboxylic acids is 14. The number of aliphatic hydroxyl groups excluding tert-OH is 2. The third kappa shape index (κ3) is 25.1. The lowest BCUT2D eigenvalue weighted by atomic mass is 9.74. The number of esters is 14. The molecule has 0 radical (unpaired) electrons. The van der Waals surface area contributed by atoms with E-state index in [2.05, 4.69) is 10.8 Å². The molecular weight excluding hydrogens is 1810 g/mol. The van der Waals surface area contributed by atoms with Gasteiger partial charge in [0.1, 0.15) is 55.4 Å². The highest BCUT2D eigenvalue weighted by molar-refractivity contribution is 5.88. The quantitative estimate of drug-likeness (QED) is 0.0844. The van der Waals surface area contributed by atoms with Gasteiger partial charge in [0.15, 0.2) is 66.4 Å². The minimum Gasteiger partial charge on any atom is -0.469 e. The van der Waals surface area contributed by atoms with Crippen molar-refractivity contribution >= 4 is 83.6 Å². The van der Waals surface area contributed by atoms with Crippen LogP contribution >= 0.6 is 0 Å². The molecule has 5 saturated carbocycles. The zero-order valence-electron chi connectivity index (χ0n) is 85.5. The molecular formula is C100H153NO37. The van der Waals surface area contributed by atoms with Crippen LogP contribution in [0, 0.1) is 84.2 Å². The van der Waals surface area contributed by atoms with Crippen LogP contribution in [0.5, 0.6) is 0 Å². The van der Waals surface area contributed by atoms with Gasteiger partial charge >= 0.3 is 83.6 Å². The molecule has 38 heteroatoms. The molecule has 38 nitrogen and oxygen atoms in total. The second kappa shape index (κ2) is 45.5. The summed E-state index contributed by atoms with van der Waals surface area (Å²) in [4.78, 5) is 164. The fraction of sp³-hybridized carbons (Fsp3) is 0.850. The van der Waals surface area contributed by atoms with Crippen LogP contribution in [0.25, 0.3) is 0 Å². The topological polar surface area (TPSA) is 497 Å². The predicted molar refractivity (Wildman–Crippen MR) is 480 cm³/mol. The molecule has 12 saturated heterocycles. The molecule has 26 unspecified atom stereocenters. The number of cyclic esters (lactones) is 2. The van der Waals surface area contributed by atoms with Crippen LogP contribution in [0.4, 0.5) is 0 Å². The fourth-order valence-electron chi connectivity index (χ4n) is 18.2. The van der Waals surface area contributed by atoms with E-state index in [-0.39, 0.29) is 102 Å². The van der Waals surface area contributed by atoms with Gasteiger partial charge in [-0.2, -0.15) is 5.26 Å². The van der Waals surface area contributed by atoms with E-state index in [0.717, 1.165) is 64.2 Å². The van der Waals surface area contributed by atoms with Gasteiger partial charge in [-0.1, -0.05) is 81.6 Å². The number of carbonyl (C=O) groups is 14. The third-order valence-corrected chi connectivity index (χ3v) is 30.5. The van der Waals surface area contributed by atoms with Gasteiger partial charge in [-0.15, -0.1) is 0 Å². The van der Waals surface area contributed by atoms with Crippen LogP contribution in [-0.2, 0) is 167 Å². The fourth-order valence-corrected chi connectivity index (χ4v) is 18.2. The summed E-state index contributed by atoms with van der Waals surface area (Å²) in [5, 5.41) is 28.2. The van der Waals surface area contributed by atoms with Crippen molar-refractivity contribution in [2.45, 2.75) is 449 Å². The number of nitriles is 1. The molecule has 138 heavy (non-hydrogen) atoms. The molecule has 1 spiro atoms. The summed E-state index contributed by atoms with van der Waals surface area (Å²) in [6, 6.07) is 2.15. The van der Waals surface area contributed by atoms with E-state index in [1.165, 1.54) is 32.8 Å². The largest absolute Gasteiger partial charge is 0.469 e. The van der Waals surface area contributed by atoms with E-state index >= 15 is 0 Å². The summed E-state index contributed by atoms with van der Waals surface area (Å²) in [6.45, 7) is 47.1. The van der Waals surface area contributed by atoms with E-state index in [1.54, 1.807) is 55.4 Å². The number of ether oxygens (including phenoxy) is 21. The molecule has 0 aromatic heterocycles. The number of aliphatic hydroxyl groups is 2. The lowest BCUT2D eigenvalue weighted by Gasteiger charge is -2.33. The summed E-state index contributed by atoms with van der Waals surface area (Å²) in [5.41, 5.74) is -4.88. The van der Waals surface area contributed by atoms with E-state index in [4.69, 9.17) is 94.7 Å². The average Bonchev–Trinajstić information content (AvgIpc) is 1.52. The molecule has 5 aliphatic carbocycles. The van der Waals surface area contributed by atoms with Crippen molar-refractivity contribution in [3.63, 3.8) is 0 Å². The number of fused-ring (bicyclic) bond motifs is 10. The highest BCUT2D eigenvalue weighted by Gasteiger charge is 2.73. The number of rotatable bonds is 20. The van der Waals surface area contributed by atoms with Crippen molar-refractivity contribution < 1.29 is 177 Å². The Morgan fingerprint density at radius 1 is 0.420 bits per heavy atom. The molecule has 0 amide bonds. The van der Waals surface area contributed by atoms with Gasteiger partial charge in [-0.05, 0) is 214 Å². The molecule has 12 heterocycles. The summed E-state index contributed by atoms with van der Waals surface area (Å²) in [6.07, 6.45) is 4.08. The van der Waals surface area contributed by atoms with Gasteiger partial charge in [-0.3, -0.25) is 47.9 Å². The van der Waals surface area contributed by atoms with Crippen molar-refractivity contribution in [1.29, 1.82) is 5.26 Å². The van der Waals surface area contributed by atoms with Gasteiger partial charge in [-0.25, -0.2) is 19.2 Å². The summed E-state index contributed by atoms with van der Waals surface area (Å²) < 4.78 is 113. The highest BCUT2D eigenvalue weighted by Crippen LogP contribution is 2.63. The Morgan fingerprint density at radius 3 is 1.30 bits per heavy atom. The zero-order chi connectivity index (χ0) is 103. The Morgan fingerprint density at radius 2 is 0.848 bits per heavy atom.